The van der Waals surface area contributed by atoms with Gasteiger partial charge in [0.2, 0.25) is 5.91 Å². The minimum Gasteiger partial charge on any atom is -0.503 e. The zero-order chi connectivity index (χ0) is 21.8. The molecule has 30 heavy (non-hydrogen) atoms. The molecule has 0 radical (unpaired) electrons. The van der Waals surface area contributed by atoms with Gasteiger partial charge in [0.15, 0.2) is 11.5 Å². The van der Waals surface area contributed by atoms with Gasteiger partial charge in [0.25, 0.3) is 5.91 Å². The van der Waals surface area contributed by atoms with Gasteiger partial charge in [-0.15, -0.1) is 0 Å². The van der Waals surface area contributed by atoms with Crippen molar-refractivity contribution in [3.05, 3.63) is 52.7 Å². The minimum absolute atomic E-state index is 0.0195. The number of hydrogen-bond donors (Lipinski definition) is 3. The molecule has 3 rings (SSSR count). The second-order valence-corrected chi connectivity index (χ2v) is 6.59. The van der Waals surface area contributed by atoms with Gasteiger partial charge in [0, 0.05) is 0 Å². The summed E-state index contributed by atoms with van der Waals surface area (Å²) in [7, 11) is 2.82. The van der Waals surface area contributed by atoms with E-state index in [-0.39, 0.29) is 22.2 Å². The number of urea groups is 1. The van der Waals surface area contributed by atoms with Gasteiger partial charge in [0.1, 0.15) is 18.0 Å². The number of para-hydroxylation sites is 2. The van der Waals surface area contributed by atoms with E-state index in [0.717, 1.165) is 4.90 Å². The Kier molecular flexibility index (Phi) is 6.12. The fraction of sp³-hybridized carbons (Fsp3) is 0.150. The molecule has 0 saturated carbocycles. The molecule has 2 aromatic carbocycles. The van der Waals surface area contributed by atoms with E-state index in [9.17, 15) is 19.5 Å². The van der Waals surface area contributed by atoms with E-state index in [1.165, 1.54) is 32.4 Å². The molecule has 2 aromatic rings. The van der Waals surface area contributed by atoms with Gasteiger partial charge in [0.05, 0.1) is 24.9 Å². The topological polar surface area (TPSA) is 117 Å². The van der Waals surface area contributed by atoms with Crippen LogP contribution in [0.3, 0.4) is 0 Å². The maximum atomic E-state index is 12.6. The molecule has 9 nitrogen and oxygen atoms in total. The number of rotatable bonds is 6. The number of hydrogen-bond acceptors (Lipinski definition) is 6. The van der Waals surface area contributed by atoms with E-state index >= 15 is 0 Å². The lowest BCUT2D eigenvalue weighted by Crippen LogP contribution is -2.38. The van der Waals surface area contributed by atoms with Crippen molar-refractivity contribution in [2.75, 3.05) is 26.1 Å². The standard InChI is InChI=1S/C20H18ClN3O6/c1-29-15-6-4-3-5-13(15)22-17(25)10-24-19(27)14(23-20(24)28)8-11-7-12(21)18(26)16(9-11)30-2/h3-9,26H,10H2,1-2H3,(H,22,25)(H,23,28)/b14-8+. The van der Waals surface area contributed by atoms with Crippen LogP contribution in [0.2, 0.25) is 5.02 Å². The molecule has 0 bridgehead atoms. The van der Waals surface area contributed by atoms with Crippen LogP contribution < -0.4 is 20.1 Å². The summed E-state index contributed by atoms with van der Waals surface area (Å²) in [4.78, 5) is 37.9. The third kappa shape index (κ3) is 4.31. The van der Waals surface area contributed by atoms with Crippen LogP contribution in [0.5, 0.6) is 17.2 Å². The van der Waals surface area contributed by atoms with Gasteiger partial charge >= 0.3 is 6.03 Å². The van der Waals surface area contributed by atoms with Crippen LogP contribution in [0.15, 0.2) is 42.1 Å². The van der Waals surface area contributed by atoms with E-state index in [4.69, 9.17) is 21.1 Å². The number of phenolic OH excluding ortho intramolecular Hbond substituents is 1. The molecular formula is C20H18ClN3O6. The molecule has 1 heterocycles. The Morgan fingerprint density at radius 3 is 2.60 bits per heavy atom. The monoisotopic (exact) mass is 431 g/mol. The molecular weight excluding hydrogens is 414 g/mol. The average Bonchev–Trinajstić information content (AvgIpc) is 2.98. The maximum absolute atomic E-state index is 12.6. The third-order valence-electron chi connectivity index (χ3n) is 4.23. The van der Waals surface area contributed by atoms with Gasteiger partial charge in [-0.1, -0.05) is 23.7 Å². The molecule has 0 aromatic heterocycles. The number of nitrogens with one attached hydrogen (secondary N) is 2. The van der Waals surface area contributed by atoms with E-state index in [2.05, 4.69) is 10.6 Å². The molecule has 1 saturated heterocycles. The van der Waals surface area contributed by atoms with Crippen LogP contribution in [-0.4, -0.2) is 48.6 Å². The Labute approximate surface area is 176 Å². The van der Waals surface area contributed by atoms with Crippen molar-refractivity contribution in [2.45, 2.75) is 0 Å². The summed E-state index contributed by atoms with van der Waals surface area (Å²) >= 11 is 5.94. The largest absolute Gasteiger partial charge is 0.503 e. The second-order valence-electron chi connectivity index (χ2n) is 6.18. The number of anilines is 1. The first-order chi connectivity index (χ1) is 14.3. The summed E-state index contributed by atoms with van der Waals surface area (Å²) in [5.41, 5.74) is 0.783. The van der Waals surface area contributed by atoms with E-state index in [0.29, 0.717) is 17.0 Å². The Morgan fingerprint density at radius 2 is 1.90 bits per heavy atom. The Balaban J connectivity index is 1.75. The first kappa shape index (κ1) is 21.0. The van der Waals surface area contributed by atoms with Crippen molar-refractivity contribution < 1.29 is 29.0 Å². The van der Waals surface area contributed by atoms with Gasteiger partial charge in [-0.05, 0) is 35.9 Å². The summed E-state index contributed by atoms with van der Waals surface area (Å²) in [6.07, 6.45) is 1.37. The van der Waals surface area contributed by atoms with Gasteiger partial charge in [-0.2, -0.15) is 0 Å². The number of halogens is 1. The normalized spacial score (nSPS) is 14.6. The van der Waals surface area contributed by atoms with Gasteiger partial charge < -0.3 is 25.2 Å². The fourth-order valence-corrected chi connectivity index (χ4v) is 3.01. The average molecular weight is 432 g/mol. The highest BCUT2D eigenvalue weighted by molar-refractivity contribution is 6.32. The number of aromatic hydroxyl groups is 1. The van der Waals surface area contributed by atoms with E-state index in [1.54, 1.807) is 24.3 Å². The van der Waals surface area contributed by atoms with Crippen molar-refractivity contribution in [3.8, 4) is 17.2 Å². The van der Waals surface area contributed by atoms with Crippen molar-refractivity contribution in [1.82, 2.24) is 10.2 Å². The first-order valence-electron chi connectivity index (χ1n) is 8.68. The van der Waals surface area contributed by atoms with Crippen LogP contribution in [0.1, 0.15) is 5.56 Å². The molecule has 0 unspecified atom stereocenters. The lowest BCUT2D eigenvalue weighted by Gasteiger charge is -2.13. The van der Waals surface area contributed by atoms with Crippen LogP contribution in [0.4, 0.5) is 10.5 Å². The summed E-state index contributed by atoms with van der Waals surface area (Å²) in [6.45, 7) is -0.486. The van der Waals surface area contributed by atoms with Crippen molar-refractivity contribution in [3.63, 3.8) is 0 Å². The number of methoxy groups -OCH3 is 2. The Bertz CT molecular complexity index is 1050. The number of nitrogens with zero attached hydrogens (tertiary/aromatic N) is 1. The van der Waals surface area contributed by atoms with Crippen molar-refractivity contribution >= 4 is 41.2 Å². The molecule has 1 fully saturated rings. The Hall–Kier alpha value is -3.72. The summed E-state index contributed by atoms with van der Waals surface area (Å²) in [6, 6.07) is 8.88. The minimum atomic E-state index is -0.738. The highest BCUT2D eigenvalue weighted by Crippen LogP contribution is 2.35. The van der Waals surface area contributed by atoms with Crippen LogP contribution in [0.25, 0.3) is 6.08 Å². The highest BCUT2D eigenvalue weighted by atomic mass is 35.5. The molecule has 156 valence electrons. The number of phenols is 1. The third-order valence-corrected chi connectivity index (χ3v) is 4.51. The molecule has 1 aliphatic rings. The van der Waals surface area contributed by atoms with Crippen LogP contribution in [0, 0.1) is 0 Å². The number of benzene rings is 2. The maximum Gasteiger partial charge on any atom is 0.329 e. The molecule has 1 aliphatic heterocycles. The van der Waals surface area contributed by atoms with E-state index < -0.39 is 24.4 Å². The summed E-state index contributed by atoms with van der Waals surface area (Å²) in [5.74, 6) is -0.935. The number of carbonyl (C=O) groups excluding carboxylic acids is 3. The fourth-order valence-electron chi connectivity index (χ4n) is 2.80. The number of ether oxygens (including phenoxy) is 2. The van der Waals surface area contributed by atoms with Gasteiger partial charge in [-0.25, -0.2) is 9.69 Å². The highest BCUT2D eigenvalue weighted by Gasteiger charge is 2.35. The number of carbonyl (C=O) groups is 3. The molecule has 3 N–H and O–H groups in total. The molecule has 4 amide bonds. The van der Waals surface area contributed by atoms with Gasteiger partial charge in [-0.3, -0.25) is 9.59 Å². The molecule has 0 spiro atoms. The SMILES string of the molecule is COc1ccccc1NC(=O)CN1C(=O)N/C(=C/c2cc(Cl)c(O)c(OC)c2)C1=O. The number of imide groups is 1. The predicted molar refractivity (Wildman–Crippen MR) is 110 cm³/mol. The first-order valence-corrected chi connectivity index (χ1v) is 9.05. The van der Waals surface area contributed by atoms with Crippen LogP contribution in [-0.2, 0) is 9.59 Å². The molecule has 10 heteroatoms. The summed E-state index contributed by atoms with van der Waals surface area (Å²) < 4.78 is 10.2. The Morgan fingerprint density at radius 1 is 1.20 bits per heavy atom. The lowest BCUT2D eigenvalue weighted by atomic mass is 10.1. The quantitative estimate of drug-likeness (QED) is 0.478. The smallest absolute Gasteiger partial charge is 0.329 e. The molecule has 0 aliphatic carbocycles. The zero-order valence-electron chi connectivity index (χ0n) is 16.1. The lowest BCUT2D eigenvalue weighted by molar-refractivity contribution is -0.127. The van der Waals surface area contributed by atoms with Crippen LogP contribution >= 0.6 is 11.6 Å². The molecule has 0 atom stereocenters. The predicted octanol–water partition coefficient (Wildman–Crippen LogP) is 2.59. The second kappa shape index (κ2) is 8.75. The van der Waals surface area contributed by atoms with E-state index in [1.807, 2.05) is 0 Å². The van der Waals surface area contributed by atoms with Crippen molar-refractivity contribution in [2.24, 2.45) is 0 Å². The zero-order valence-corrected chi connectivity index (χ0v) is 16.8. The van der Waals surface area contributed by atoms with Crippen molar-refractivity contribution in [1.29, 1.82) is 0 Å². The number of amides is 4. The summed E-state index contributed by atoms with van der Waals surface area (Å²) in [5, 5.41) is 14.8.